The zero-order valence-electron chi connectivity index (χ0n) is 20.9. The number of primary amides is 1. The Hall–Kier alpha value is -3.41. The lowest BCUT2D eigenvalue weighted by Gasteiger charge is -2.20. The van der Waals surface area contributed by atoms with Crippen LogP contribution >= 0.6 is 24.2 Å². The summed E-state index contributed by atoms with van der Waals surface area (Å²) >= 11 is 10.3. The molecule has 0 saturated carbocycles. The number of hydrogen-bond acceptors (Lipinski definition) is 6. The van der Waals surface area contributed by atoms with Gasteiger partial charge in [-0.3, -0.25) is 14.4 Å². The Kier molecular flexibility index (Phi) is 10.1. The van der Waals surface area contributed by atoms with Gasteiger partial charge in [-0.15, -0.1) is 0 Å². The van der Waals surface area contributed by atoms with Crippen molar-refractivity contribution in [2.24, 2.45) is 11.7 Å². The highest BCUT2D eigenvalue weighted by molar-refractivity contribution is 7.90. The average Bonchev–Trinajstić information content (AvgIpc) is 2.87. The molecule has 12 heteroatoms. The highest BCUT2D eigenvalue weighted by Crippen LogP contribution is 2.29. The van der Waals surface area contributed by atoms with Gasteiger partial charge in [0.25, 0.3) is 10.0 Å². The minimum Gasteiger partial charge on any atom is -0.368 e. The maximum Gasteiger partial charge on any atom is 0.264 e. The first-order valence-corrected chi connectivity index (χ1v) is 14.3. The average molecular weight is 592 g/mol. The largest absolute Gasteiger partial charge is 0.368 e. The van der Waals surface area contributed by atoms with E-state index in [1.54, 1.807) is 24.3 Å². The van der Waals surface area contributed by atoms with Crippen LogP contribution in [0.5, 0.6) is 0 Å². The molecule has 3 rings (SSSR count). The second kappa shape index (κ2) is 13.1. The van der Waals surface area contributed by atoms with Crippen LogP contribution in [0.15, 0.2) is 71.6 Å². The molecule has 0 radical (unpaired) electrons. The van der Waals surface area contributed by atoms with Crippen molar-refractivity contribution in [2.45, 2.75) is 30.7 Å². The lowest BCUT2D eigenvalue weighted by Crippen LogP contribution is -2.48. The van der Waals surface area contributed by atoms with Crippen LogP contribution in [0.4, 0.5) is 4.39 Å². The molecule has 2 atom stereocenters. The van der Waals surface area contributed by atoms with Crippen LogP contribution in [0.25, 0.3) is 11.1 Å². The van der Waals surface area contributed by atoms with Crippen molar-refractivity contribution in [3.8, 4) is 11.1 Å². The number of rotatable bonds is 11. The van der Waals surface area contributed by atoms with Gasteiger partial charge < -0.3 is 11.1 Å². The Balaban J connectivity index is 1.81. The van der Waals surface area contributed by atoms with Gasteiger partial charge in [-0.25, -0.2) is 17.5 Å². The summed E-state index contributed by atoms with van der Waals surface area (Å²) in [4.78, 5) is 36.2. The summed E-state index contributed by atoms with van der Waals surface area (Å²) in [5.74, 6) is -3.22. The van der Waals surface area contributed by atoms with E-state index in [-0.39, 0.29) is 33.8 Å². The highest BCUT2D eigenvalue weighted by atomic mass is 35.5. The van der Waals surface area contributed by atoms with Crippen LogP contribution in [-0.4, -0.2) is 37.9 Å². The fraction of sp³-hybridized carbons (Fsp3) is 0.222. The molecule has 0 bridgehead atoms. The quantitative estimate of drug-likeness (QED) is 0.254. The lowest BCUT2D eigenvalue weighted by atomic mass is 9.97. The number of benzene rings is 3. The van der Waals surface area contributed by atoms with Crippen molar-refractivity contribution < 1.29 is 27.2 Å². The number of nitrogens with one attached hydrogen (secondary N) is 2. The zero-order chi connectivity index (χ0) is 28.7. The van der Waals surface area contributed by atoms with Crippen LogP contribution in [0.2, 0.25) is 5.02 Å². The third-order valence-electron chi connectivity index (χ3n) is 5.87. The highest BCUT2D eigenvalue weighted by Gasteiger charge is 2.26. The normalized spacial score (nSPS) is 12.8. The molecule has 0 heterocycles. The Bertz CT molecular complexity index is 1500. The van der Waals surface area contributed by atoms with Crippen molar-refractivity contribution >= 4 is 52.0 Å². The number of halogens is 2. The van der Waals surface area contributed by atoms with Gasteiger partial charge in [0.2, 0.25) is 17.7 Å². The van der Waals surface area contributed by atoms with Crippen molar-refractivity contribution in [1.29, 1.82) is 0 Å². The van der Waals surface area contributed by atoms with Gasteiger partial charge in [0.15, 0.2) is 0 Å². The van der Waals surface area contributed by atoms with E-state index in [4.69, 9.17) is 17.3 Å². The topological polar surface area (TPSA) is 135 Å². The predicted octanol–water partition coefficient (Wildman–Crippen LogP) is 3.27. The summed E-state index contributed by atoms with van der Waals surface area (Å²) in [6.07, 6.45) is 0.0979. The number of carbonyl (C=O) groups is 3. The molecule has 39 heavy (non-hydrogen) atoms. The summed E-state index contributed by atoms with van der Waals surface area (Å²) in [5.41, 5.74) is 6.82. The smallest absolute Gasteiger partial charge is 0.264 e. The molecule has 206 valence electrons. The van der Waals surface area contributed by atoms with E-state index in [2.05, 4.69) is 17.9 Å². The molecule has 0 aliphatic rings. The third-order valence-corrected chi connectivity index (χ3v) is 8.03. The van der Waals surface area contributed by atoms with Crippen molar-refractivity contribution in [2.75, 3.05) is 5.75 Å². The second-order valence-electron chi connectivity index (χ2n) is 8.85. The van der Waals surface area contributed by atoms with E-state index in [0.717, 1.165) is 18.6 Å². The SMILES string of the molecule is CC(=O)NS(=O)(=O)c1ccccc1-c1ccc(CC(NC(=O)[C@@H](CS)Cc2cccc(Cl)c2)C(N)=O)c(F)c1. The predicted molar refractivity (Wildman–Crippen MR) is 150 cm³/mol. The Morgan fingerprint density at radius 1 is 1.03 bits per heavy atom. The Labute approximate surface area is 236 Å². The Morgan fingerprint density at radius 3 is 2.36 bits per heavy atom. The molecular weight excluding hydrogens is 565 g/mol. The van der Waals surface area contributed by atoms with Gasteiger partial charge >= 0.3 is 0 Å². The standard InChI is InChI=1S/C27H27ClFN3O5S2/c1-16(33)32-39(36,37)25-8-3-2-7-22(25)18-9-10-19(23(29)13-18)14-24(26(30)34)31-27(35)20(15-38)11-17-5-4-6-21(28)12-17/h2-10,12-13,20,24,38H,11,14-15H2,1H3,(H2,30,34)(H,31,35)(H,32,33)/t20-,24?/m1/s1. The second-order valence-corrected chi connectivity index (χ2v) is 11.3. The third kappa shape index (κ3) is 8.04. The molecule has 3 amide bonds. The molecule has 0 aromatic heterocycles. The minimum absolute atomic E-state index is 0.0855. The Morgan fingerprint density at radius 2 is 1.74 bits per heavy atom. The van der Waals surface area contributed by atoms with Crippen molar-refractivity contribution in [1.82, 2.24) is 10.0 Å². The molecular formula is C27H27ClFN3O5S2. The number of amides is 3. The first kappa shape index (κ1) is 30.1. The summed E-state index contributed by atoms with van der Waals surface area (Å²) in [6, 6.07) is 15.6. The van der Waals surface area contributed by atoms with Gasteiger partial charge in [-0.05, 0) is 47.4 Å². The molecule has 0 aliphatic heterocycles. The van der Waals surface area contributed by atoms with Crippen molar-refractivity contribution in [3.05, 3.63) is 88.7 Å². The number of carbonyl (C=O) groups excluding carboxylic acids is 3. The first-order chi connectivity index (χ1) is 18.4. The van der Waals surface area contributed by atoms with Gasteiger partial charge in [-0.1, -0.05) is 54.1 Å². The fourth-order valence-electron chi connectivity index (χ4n) is 3.98. The number of sulfonamides is 1. The first-order valence-electron chi connectivity index (χ1n) is 11.8. The molecule has 3 aromatic carbocycles. The maximum absolute atomic E-state index is 15.2. The minimum atomic E-state index is -4.19. The molecule has 8 nitrogen and oxygen atoms in total. The number of nitrogens with two attached hydrogens (primary N) is 1. The summed E-state index contributed by atoms with van der Waals surface area (Å²) in [7, 11) is -4.19. The van der Waals surface area contributed by atoms with Crippen molar-refractivity contribution in [3.63, 3.8) is 0 Å². The molecule has 0 aliphatic carbocycles. The zero-order valence-corrected chi connectivity index (χ0v) is 23.3. The van der Waals surface area contributed by atoms with E-state index >= 15 is 4.39 Å². The molecule has 0 saturated heterocycles. The number of thiol groups is 1. The fourth-order valence-corrected chi connectivity index (χ4v) is 5.71. The van der Waals surface area contributed by atoms with Gasteiger partial charge in [0.05, 0.1) is 10.8 Å². The summed E-state index contributed by atoms with van der Waals surface area (Å²) < 4.78 is 42.3. The summed E-state index contributed by atoms with van der Waals surface area (Å²) in [6.45, 7) is 1.07. The van der Waals surface area contributed by atoms with E-state index in [1.807, 2.05) is 10.8 Å². The number of hydrogen-bond donors (Lipinski definition) is 4. The lowest BCUT2D eigenvalue weighted by molar-refractivity contribution is -0.129. The van der Waals surface area contributed by atoms with E-state index in [9.17, 15) is 22.8 Å². The van der Waals surface area contributed by atoms with Crippen LogP contribution < -0.4 is 15.8 Å². The van der Waals surface area contributed by atoms with Crippen LogP contribution in [0.3, 0.4) is 0 Å². The molecule has 0 fully saturated rings. The molecule has 0 spiro atoms. The van der Waals surface area contributed by atoms with Crippen LogP contribution in [-0.2, 0) is 37.2 Å². The van der Waals surface area contributed by atoms with Crippen LogP contribution in [0.1, 0.15) is 18.1 Å². The molecule has 4 N–H and O–H groups in total. The van der Waals surface area contributed by atoms with Crippen LogP contribution in [0, 0.1) is 11.7 Å². The van der Waals surface area contributed by atoms with E-state index < -0.39 is 45.5 Å². The molecule has 1 unspecified atom stereocenters. The maximum atomic E-state index is 15.2. The summed E-state index contributed by atoms with van der Waals surface area (Å²) in [5, 5.41) is 3.11. The monoisotopic (exact) mass is 591 g/mol. The van der Waals surface area contributed by atoms with E-state index in [0.29, 0.717) is 11.4 Å². The van der Waals surface area contributed by atoms with E-state index in [1.165, 1.54) is 30.3 Å². The van der Waals surface area contributed by atoms with Gasteiger partial charge in [0, 0.05) is 29.7 Å². The van der Waals surface area contributed by atoms with Gasteiger partial charge in [-0.2, -0.15) is 12.6 Å². The van der Waals surface area contributed by atoms with Gasteiger partial charge in [0.1, 0.15) is 11.9 Å². The molecule has 3 aromatic rings.